The lowest BCUT2D eigenvalue weighted by Crippen LogP contribution is -2.18. The summed E-state index contributed by atoms with van der Waals surface area (Å²) in [5.41, 5.74) is -0.968. The lowest BCUT2D eigenvalue weighted by molar-refractivity contribution is 0.0746. The smallest absolute Gasteiger partial charge is 0.147 e. The van der Waals surface area contributed by atoms with Gasteiger partial charge in [-0.25, -0.2) is 4.39 Å². The molecule has 0 amide bonds. The third-order valence-electron chi connectivity index (χ3n) is 4.36. The Balaban J connectivity index is 0.000000395. The molecule has 27 heavy (non-hydrogen) atoms. The van der Waals surface area contributed by atoms with Gasteiger partial charge in [0.05, 0.1) is 10.6 Å². The molecule has 1 heterocycles. The first kappa shape index (κ1) is 26.3. The highest BCUT2D eigenvalue weighted by Crippen LogP contribution is 2.26. The van der Waals surface area contributed by atoms with E-state index in [0.717, 1.165) is 12.5 Å². The van der Waals surface area contributed by atoms with E-state index in [1.807, 2.05) is 0 Å². The number of ether oxygens (including phenoxy) is 1. The highest BCUT2D eigenvalue weighted by molar-refractivity contribution is 6.30. The molecule has 1 atom stereocenters. The Hall–Kier alpha value is -0.680. The topological polar surface area (TPSA) is 41.5 Å². The molecule has 0 radical (unpaired) electrons. The average Bonchev–Trinajstić information content (AvgIpc) is 2.85. The van der Waals surface area contributed by atoms with Gasteiger partial charge in [0.15, 0.2) is 0 Å². The highest BCUT2D eigenvalue weighted by atomic mass is 35.5. The second kappa shape index (κ2) is 15.3. The van der Waals surface area contributed by atoms with Gasteiger partial charge in [0.25, 0.3) is 0 Å². The zero-order valence-electron chi connectivity index (χ0n) is 17.8. The van der Waals surface area contributed by atoms with Crippen molar-refractivity contribution >= 4 is 11.6 Å². The number of unbranched alkanes of at least 4 members (excludes halogenated alkanes) is 2. The van der Waals surface area contributed by atoms with Crippen molar-refractivity contribution in [1.82, 2.24) is 5.32 Å². The minimum absolute atomic E-state index is 0.0367. The summed E-state index contributed by atoms with van der Waals surface area (Å²) in [7, 11) is 1.75. The minimum atomic E-state index is -1.19. The number of benzene rings is 1. The molecule has 2 rings (SSSR count). The van der Waals surface area contributed by atoms with E-state index in [9.17, 15) is 9.50 Å². The molecule has 0 saturated carbocycles. The summed E-state index contributed by atoms with van der Waals surface area (Å²) in [5, 5.41) is 12.9. The number of hydrogen-bond donors (Lipinski definition) is 2. The molecule has 0 aromatic heterocycles. The van der Waals surface area contributed by atoms with Gasteiger partial charge in [-0.1, -0.05) is 56.8 Å². The number of aliphatic hydroxyl groups is 1. The number of hydrogen-bond acceptors (Lipinski definition) is 3. The van der Waals surface area contributed by atoms with Gasteiger partial charge in [-0.3, -0.25) is 0 Å². The van der Waals surface area contributed by atoms with Gasteiger partial charge in [0, 0.05) is 19.3 Å². The van der Waals surface area contributed by atoms with Crippen LogP contribution in [-0.4, -0.2) is 31.9 Å². The van der Waals surface area contributed by atoms with E-state index in [-0.39, 0.29) is 10.6 Å². The van der Waals surface area contributed by atoms with Crippen LogP contribution in [0, 0.1) is 11.7 Å². The third kappa shape index (κ3) is 13.2. The summed E-state index contributed by atoms with van der Waals surface area (Å²) in [6.07, 6.45) is 8.02. The number of nitrogens with one attached hydrogen (secondary N) is 1. The van der Waals surface area contributed by atoms with E-state index < -0.39 is 11.4 Å². The maximum atomic E-state index is 13.2. The molecule has 1 fully saturated rings. The molecule has 3 nitrogen and oxygen atoms in total. The molecule has 1 saturated heterocycles. The van der Waals surface area contributed by atoms with Crippen molar-refractivity contribution in [2.45, 2.75) is 71.8 Å². The van der Waals surface area contributed by atoms with Crippen molar-refractivity contribution in [3.63, 3.8) is 0 Å². The lowest BCUT2D eigenvalue weighted by Gasteiger charge is -2.18. The minimum Gasteiger partial charge on any atom is -0.386 e. The van der Waals surface area contributed by atoms with Crippen LogP contribution in [0.4, 0.5) is 4.39 Å². The predicted molar refractivity (Wildman–Crippen MR) is 114 cm³/mol. The Kier molecular flexibility index (Phi) is 14.9. The van der Waals surface area contributed by atoms with Gasteiger partial charge < -0.3 is 15.2 Å². The van der Waals surface area contributed by atoms with Crippen LogP contribution in [0.3, 0.4) is 0 Å². The van der Waals surface area contributed by atoms with Crippen LogP contribution in [0.1, 0.15) is 71.8 Å². The number of halogens is 2. The summed E-state index contributed by atoms with van der Waals surface area (Å²) >= 11 is 5.53. The van der Waals surface area contributed by atoms with Crippen LogP contribution < -0.4 is 5.32 Å². The fraction of sp³-hybridized carbons (Fsp3) is 0.727. The van der Waals surface area contributed by atoms with Crippen LogP contribution in [0.25, 0.3) is 0 Å². The molecular formula is C22H39ClFNO2. The largest absolute Gasteiger partial charge is 0.386 e. The fourth-order valence-corrected chi connectivity index (χ4v) is 2.84. The Labute approximate surface area is 170 Å². The van der Waals surface area contributed by atoms with E-state index in [1.165, 1.54) is 77.6 Å². The first-order valence-electron chi connectivity index (χ1n) is 10.1. The SMILES string of the molecule is CC(C)(O)c1cccc(Cl)c1F.CC1CCCCNC1.CCCCCOC. The fourth-order valence-electron chi connectivity index (χ4n) is 2.67. The number of rotatable bonds is 5. The molecule has 0 bridgehead atoms. The van der Waals surface area contributed by atoms with Crippen LogP contribution in [0.15, 0.2) is 18.2 Å². The molecule has 158 valence electrons. The zero-order valence-corrected chi connectivity index (χ0v) is 18.5. The van der Waals surface area contributed by atoms with E-state index in [0.29, 0.717) is 0 Å². The molecule has 5 heteroatoms. The summed E-state index contributed by atoms with van der Waals surface area (Å²) < 4.78 is 18.0. The van der Waals surface area contributed by atoms with E-state index in [2.05, 4.69) is 19.2 Å². The van der Waals surface area contributed by atoms with Crippen molar-refractivity contribution in [2.75, 3.05) is 26.8 Å². The van der Waals surface area contributed by atoms with Crippen molar-refractivity contribution in [2.24, 2.45) is 5.92 Å². The van der Waals surface area contributed by atoms with Gasteiger partial charge in [-0.05, 0) is 58.2 Å². The Morgan fingerprint density at radius 3 is 2.56 bits per heavy atom. The molecular weight excluding hydrogens is 365 g/mol. The normalized spacial score (nSPS) is 17.1. The summed E-state index contributed by atoms with van der Waals surface area (Å²) in [6.45, 7) is 10.9. The first-order chi connectivity index (χ1) is 12.7. The summed E-state index contributed by atoms with van der Waals surface area (Å²) in [5.74, 6) is 0.365. The van der Waals surface area contributed by atoms with Gasteiger partial charge in [0.1, 0.15) is 5.82 Å². The van der Waals surface area contributed by atoms with E-state index in [4.69, 9.17) is 16.3 Å². The molecule has 1 aromatic rings. The molecule has 2 N–H and O–H groups in total. The average molecular weight is 404 g/mol. The van der Waals surface area contributed by atoms with Crippen LogP contribution in [0.2, 0.25) is 5.02 Å². The highest BCUT2D eigenvalue weighted by Gasteiger charge is 2.21. The third-order valence-corrected chi connectivity index (χ3v) is 4.65. The standard InChI is InChI=1S/C9H10ClFO.C7H15N.C6H14O/c1-9(2,12)6-4-3-5-7(10)8(6)11;1-7-4-2-3-5-8-6-7;1-3-4-5-6-7-2/h3-5,12H,1-2H3;7-8H,2-6H2,1H3;3-6H2,1-2H3. The van der Waals surface area contributed by atoms with Crippen molar-refractivity contribution in [3.05, 3.63) is 34.6 Å². The Morgan fingerprint density at radius 1 is 1.30 bits per heavy atom. The number of methoxy groups -OCH3 is 1. The molecule has 0 aliphatic carbocycles. The van der Waals surface area contributed by atoms with E-state index >= 15 is 0 Å². The second-order valence-corrected chi connectivity index (χ2v) is 8.07. The van der Waals surface area contributed by atoms with E-state index in [1.54, 1.807) is 13.2 Å². The summed E-state index contributed by atoms with van der Waals surface area (Å²) in [4.78, 5) is 0. The van der Waals surface area contributed by atoms with Gasteiger partial charge in [-0.15, -0.1) is 0 Å². The van der Waals surface area contributed by atoms with Gasteiger partial charge in [0.2, 0.25) is 0 Å². The van der Waals surface area contributed by atoms with Crippen molar-refractivity contribution < 1.29 is 14.2 Å². The molecule has 1 unspecified atom stereocenters. The molecule has 1 aliphatic rings. The first-order valence-corrected chi connectivity index (χ1v) is 10.5. The molecule has 1 aliphatic heterocycles. The lowest BCUT2D eigenvalue weighted by atomic mass is 9.98. The van der Waals surface area contributed by atoms with Crippen LogP contribution in [0.5, 0.6) is 0 Å². The van der Waals surface area contributed by atoms with Crippen molar-refractivity contribution in [1.29, 1.82) is 0 Å². The van der Waals surface area contributed by atoms with Gasteiger partial charge in [-0.2, -0.15) is 0 Å². The Bertz CT molecular complexity index is 480. The predicted octanol–water partition coefficient (Wildman–Crippen LogP) is 5.93. The van der Waals surface area contributed by atoms with Crippen LogP contribution in [-0.2, 0) is 10.3 Å². The monoisotopic (exact) mass is 403 g/mol. The zero-order chi connectivity index (χ0) is 20.7. The molecule has 1 aromatic carbocycles. The quantitative estimate of drug-likeness (QED) is 0.599. The maximum Gasteiger partial charge on any atom is 0.147 e. The summed E-state index contributed by atoms with van der Waals surface area (Å²) in [6, 6.07) is 4.58. The second-order valence-electron chi connectivity index (χ2n) is 7.67. The molecule has 0 spiro atoms. The van der Waals surface area contributed by atoms with Crippen molar-refractivity contribution in [3.8, 4) is 0 Å². The van der Waals surface area contributed by atoms with Gasteiger partial charge >= 0.3 is 0 Å². The Morgan fingerprint density at radius 2 is 2.00 bits per heavy atom. The van der Waals surface area contributed by atoms with Crippen LogP contribution >= 0.6 is 11.6 Å². The maximum absolute atomic E-state index is 13.2.